The van der Waals surface area contributed by atoms with Crippen molar-refractivity contribution in [3.05, 3.63) is 29.8 Å². The molecule has 7 heteroatoms. The molecule has 1 saturated heterocycles. The maximum absolute atomic E-state index is 12.4. The predicted molar refractivity (Wildman–Crippen MR) is 80.2 cm³/mol. The van der Waals surface area contributed by atoms with Crippen molar-refractivity contribution < 1.29 is 23.1 Å². The van der Waals surface area contributed by atoms with Crippen molar-refractivity contribution in [2.24, 2.45) is 0 Å². The lowest BCUT2D eigenvalue weighted by Crippen LogP contribution is -2.44. The van der Waals surface area contributed by atoms with Gasteiger partial charge in [0.05, 0.1) is 11.3 Å². The number of carboxylic acid groups (broad SMARTS) is 1. The van der Waals surface area contributed by atoms with Crippen LogP contribution in [0.15, 0.2) is 29.2 Å². The van der Waals surface area contributed by atoms with Crippen LogP contribution in [0.25, 0.3) is 0 Å². The molecule has 0 saturated carbocycles. The number of benzene rings is 1. The highest BCUT2D eigenvalue weighted by Gasteiger charge is 2.38. The van der Waals surface area contributed by atoms with Crippen LogP contribution in [0.5, 0.6) is 0 Å². The zero-order valence-corrected chi connectivity index (χ0v) is 13.3. The molecule has 1 aromatic rings. The van der Waals surface area contributed by atoms with Crippen LogP contribution in [0.1, 0.15) is 25.3 Å². The van der Waals surface area contributed by atoms with Crippen LogP contribution in [-0.2, 0) is 25.8 Å². The van der Waals surface area contributed by atoms with Crippen molar-refractivity contribution in [2.45, 2.75) is 43.2 Å². The molecule has 120 valence electrons. The van der Waals surface area contributed by atoms with E-state index in [9.17, 15) is 23.1 Å². The van der Waals surface area contributed by atoms with E-state index in [0.717, 1.165) is 6.26 Å². The van der Waals surface area contributed by atoms with Gasteiger partial charge in [-0.3, -0.25) is 4.79 Å². The molecule has 0 aliphatic carbocycles. The van der Waals surface area contributed by atoms with Crippen LogP contribution >= 0.6 is 0 Å². The zero-order valence-electron chi connectivity index (χ0n) is 12.5. The second-order valence-electron chi connectivity index (χ2n) is 5.67. The van der Waals surface area contributed by atoms with Gasteiger partial charge >= 0.3 is 5.97 Å². The second-order valence-corrected chi connectivity index (χ2v) is 7.69. The molecule has 0 unspecified atom stereocenters. The maximum Gasteiger partial charge on any atom is 0.326 e. The average molecular weight is 325 g/mol. The number of sulfone groups is 1. The SMILES string of the molecule is C[C@@H]1CC[C@H](C(=O)O)N1C(=O)Cc1ccc(S(C)(=O)=O)cc1. The van der Waals surface area contributed by atoms with Crippen LogP contribution in [0.3, 0.4) is 0 Å². The van der Waals surface area contributed by atoms with Crippen molar-refractivity contribution in [2.75, 3.05) is 6.26 Å². The van der Waals surface area contributed by atoms with Crippen molar-refractivity contribution in [1.29, 1.82) is 0 Å². The lowest BCUT2D eigenvalue weighted by atomic mass is 10.1. The third-order valence-corrected chi connectivity index (χ3v) is 5.08. The number of amides is 1. The van der Waals surface area contributed by atoms with Gasteiger partial charge in [0, 0.05) is 12.3 Å². The molecular weight excluding hydrogens is 306 g/mol. The molecule has 0 radical (unpaired) electrons. The minimum atomic E-state index is -3.27. The molecule has 1 aliphatic heterocycles. The van der Waals surface area contributed by atoms with Crippen molar-refractivity contribution in [3.63, 3.8) is 0 Å². The van der Waals surface area contributed by atoms with E-state index < -0.39 is 21.8 Å². The van der Waals surface area contributed by atoms with E-state index in [0.29, 0.717) is 18.4 Å². The third kappa shape index (κ3) is 3.47. The molecule has 0 bridgehead atoms. The number of hydrogen-bond acceptors (Lipinski definition) is 4. The van der Waals surface area contributed by atoms with Gasteiger partial charge in [-0.1, -0.05) is 12.1 Å². The summed E-state index contributed by atoms with van der Waals surface area (Å²) in [5, 5.41) is 9.18. The summed E-state index contributed by atoms with van der Waals surface area (Å²) in [5.41, 5.74) is 0.667. The highest BCUT2D eigenvalue weighted by Crippen LogP contribution is 2.25. The number of carboxylic acids is 1. The number of nitrogens with zero attached hydrogens (tertiary/aromatic N) is 1. The van der Waals surface area contributed by atoms with E-state index in [2.05, 4.69) is 0 Å². The van der Waals surface area contributed by atoms with Gasteiger partial charge in [0.1, 0.15) is 6.04 Å². The number of carbonyl (C=O) groups excluding carboxylic acids is 1. The summed E-state index contributed by atoms with van der Waals surface area (Å²) >= 11 is 0. The smallest absolute Gasteiger partial charge is 0.326 e. The second kappa shape index (κ2) is 6.08. The summed E-state index contributed by atoms with van der Waals surface area (Å²) in [4.78, 5) is 25.2. The highest BCUT2D eigenvalue weighted by molar-refractivity contribution is 7.90. The van der Waals surface area contributed by atoms with Gasteiger partial charge in [-0.15, -0.1) is 0 Å². The summed E-state index contributed by atoms with van der Waals surface area (Å²) < 4.78 is 22.8. The Kier molecular flexibility index (Phi) is 4.55. The molecule has 0 spiro atoms. The Morgan fingerprint density at radius 1 is 1.23 bits per heavy atom. The number of hydrogen-bond donors (Lipinski definition) is 1. The molecule has 1 heterocycles. The van der Waals surface area contributed by atoms with Gasteiger partial charge in [-0.2, -0.15) is 0 Å². The molecule has 1 N–H and O–H groups in total. The van der Waals surface area contributed by atoms with Gasteiger partial charge in [0.25, 0.3) is 0 Å². The Labute approximate surface area is 129 Å². The van der Waals surface area contributed by atoms with Crippen molar-refractivity contribution >= 4 is 21.7 Å². The molecule has 1 amide bonds. The van der Waals surface area contributed by atoms with E-state index in [4.69, 9.17) is 0 Å². The highest BCUT2D eigenvalue weighted by atomic mass is 32.2. The normalized spacial score (nSPS) is 21.8. The zero-order chi connectivity index (χ0) is 16.5. The van der Waals surface area contributed by atoms with Crippen molar-refractivity contribution in [3.8, 4) is 0 Å². The van der Waals surface area contributed by atoms with Gasteiger partial charge in [-0.05, 0) is 37.5 Å². The number of likely N-dealkylation sites (tertiary alicyclic amines) is 1. The summed E-state index contributed by atoms with van der Waals surface area (Å²) in [6.45, 7) is 1.84. The van der Waals surface area contributed by atoms with E-state index in [1.165, 1.54) is 17.0 Å². The first-order valence-electron chi connectivity index (χ1n) is 7.03. The molecule has 0 aromatic heterocycles. The van der Waals surface area contributed by atoms with Gasteiger partial charge in [-0.25, -0.2) is 13.2 Å². The summed E-state index contributed by atoms with van der Waals surface area (Å²) in [7, 11) is -3.27. The van der Waals surface area contributed by atoms with Crippen LogP contribution in [0.2, 0.25) is 0 Å². The first-order valence-corrected chi connectivity index (χ1v) is 8.92. The maximum atomic E-state index is 12.4. The molecule has 1 aliphatic rings. The minimum absolute atomic E-state index is 0.0676. The number of rotatable bonds is 4. The largest absolute Gasteiger partial charge is 0.480 e. The molecule has 22 heavy (non-hydrogen) atoms. The molecule has 2 atom stereocenters. The fourth-order valence-electron chi connectivity index (χ4n) is 2.77. The molecule has 1 fully saturated rings. The number of aliphatic carboxylic acids is 1. The van der Waals surface area contributed by atoms with Gasteiger partial charge in [0.2, 0.25) is 5.91 Å². The summed E-state index contributed by atoms with van der Waals surface area (Å²) in [5.74, 6) is -1.23. The van der Waals surface area contributed by atoms with Crippen LogP contribution in [-0.4, -0.2) is 48.6 Å². The Bertz CT molecular complexity index is 680. The Hall–Kier alpha value is -1.89. The van der Waals surface area contributed by atoms with Gasteiger partial charge < -0.3 is 10.0 Å². The Morgan fingerprint density at radius 3 is 2.32 bits per heavy atom. The third-order valence-electron chi connectivity index (χ3n) is 3.95. The Balaban J connectivity index is 2.13. The average Bonchev–Trinajstić information content (AvgIpc) is 2.80. The molecule has 1 aromatic carbocycles. The molecule has 2 rings (SSSR count). The topological polar surface area (TPSA) is 91.8 Å². The minimum Gasteiger partial charge on any atom is -0.480 e. The van der Waals surface area contributed by atoms with Crippen molar-refractivity contribution in [1.82, 2.24) is 4.90 Å². The van der Waals surface area contributed by atoms with E-state index in [1.807, 2.05) is 6.92 Å². The lowest BCUT2D eigenvalue weighted by molar-refractivity contribution is -0.149. The summed E-state index contributed by atoms with van der Waals surface area (Å²) in [6, 6.07) is 5.23. The molecular formula is C15H19NO5S. The lowest BCUT2D eigenvalue weighted by Gasteiger charge is -2.26. The van der Waals surface area contributed by atoms with Crippen LogP contribution in [0.4, 0.5) is 0 Å². The Morgan fingerprint density at radius 2 is 1.82 bits per heavy atom. The first-order chi connectivity index (χ1) is 10.2. The fraction of sp³-hybridized carbons (Fsp3) is 0.467. The fourth-order valence-corrected chi connectivity index (χ4v) is 3.40. The van der Waals surface area contributed by atoms with Crippen LogP contribution in [0, 0.1) is 0 Å². The van der Waals surface area contributed by atoms with E-state index in [-0.39, 0.29) is 23.3 Å². The quantitative estimate of drug-likeness (QED) is 0.895. The monoisotopic (exact) mass is 325 g/mol. The number of carbonyl (C=O) groups is 2. The van der Waals surface area contributed by atoms with Crippen LogP contribution < -0.4 is 0 Å². The molecule has 6 nitrogen and oxygen atoms in total. The standard InChI is InChI=1S/C15H19NO5S/c1-10-3-8-13(15(18)19)16(10)14(17)9-11-4-6-12(7-5-11)22(2,20)21/h4-7,10,13H,3,8-9H2,1-2H3,(H,18,19)/t10-,13-/m1/s1. The van der Waals surface area contributed by atoms with E-state index >= 15 is 0 Å². The predicted octanol–water partition coefficient (Wildman–Crippen LogP) is 1.10. The van der Waals surface area contributed by atoms with Gasteiger partial charge in [0.15, 0.2) is 9.84 Å². The first kappa shape index (κ1) is 16.5. The van der Waals surface area contributed by atoms with E-state index in [1.54, 1.807) is 12.1 Å². The summed E-state index contributed by atoms with van der Waals surface area (Å²) in [6.07, 6.45) is 2.33.